The molecule has 140 valence electrons. The van der Waals surface area contributed by atoms with Gasteiger partial charge in [-0.3, -0.25) is 5.10 Å². The van der Waals surface area contributed by atoms with E-state index < -0.39 is 0 Å². The van der Waals surface area contributed by atoms with Crippen molar-refractivity contribution in [2.24, 2.45) is 5.92 Å². The second-order valence-electron chi connectivity index (χ2n) is 7.54. The zero-order valence-corrected chi connectivity index (χ0v) is 15.8. The van der Waals surface area contributed by atoms with E-state index in [0.29, 0.717) is 12.0 Å². The molecule has 1 unspecified atom stereocenters. The minimum atomic E-state index is -0.0197. The normalized spacial score (nSPS) is 25.6. The maximum atomic E-state index is 5.99. The van der Waals surface area contributed by atoms with Crippen LogP contribution in [0, 0.1) is 26.7 Å². The lowest BCUT2D eigenvalue weighted by molar-refractivity contribution is 0.0828. The summed E-state index contributed by atoms with van der Waals surface area (Å²) >= 11 is 0. The monoisotopic (exact) mass is 356 g/mol. The summed E-state index contributed by atoms with van der Waals surface area (Å²) in [4.78, 5) is 4.47. The summed E-state index contributed by atoms with van der Waals surface area (Å²) in [5.74, 6) is 3.04. The zero-order chi connectivity index (χ0) is 18.1. The van der Waals surface area contributed by atoms with Gasteiger partial charge in [0.1, 0.15) is 17.7 Å². The maximum Gasteiger partial charge on any atom is 0.179 e. The highest BCUT2D eigenvalue weighted by Crippen LogP contribution is 2.36. The number of hydrogen-bond acceptors (Lipinski definition) is 5. The number of aromatic amines is 1. The molecule has 0 radical (unpaired) electrons. The Balaban J connectivity index is 1.48. The van der Waals surface area contributed by atoms with E-state index in [2.05, 4.69) is 46.5 Å². The molecule has 6 heteroatoms. The third-order valence-corrected chi connectivity index (χ3v) is 5.61. The highest BCUT2D eigenvalue weighted by Gasteiger charge is 2.33. The van der Waals surface area contributed by atoms with Crippen LogP contribution in [0.15, 0.2) is 12.1 Å². The van der Waals surface area contributed by atoms with Gasteiger partial charge in [0.2, 0.25) is 0 Å². The minimum absolute atomic E-state index is 0.0197. The number of ether oxygens (including phenoxy) is 2. The summed E-state index contributed by atoms with van der Waals surface area (Å²) in [7, 11) is 0. The molecule has 6 nitrogen and oxygen atoms in total. The first kappa shape index (κ1) is 17.5. The van der Waals surface area contributed by atoms with Crippen LogP contribution in [-0.2, 0) is 4.74 Å². The summed E-state index contributed by atoms with van der Waals surface area (Å²) < 4.78 is 11.9. The van der Waals surface area contributed by atoms with E-state index in [1.54, 1.807) is 0 Å². The van der Waals surface area contributed by atoms with Crippen LogP contribution < -0.4 is 10.1 Å². The van der Waals surface area contributed by atoms with Crippen molar-refractivity contribution in [3.05, 3.63) is 40.5 Å². The first-order valence-electron chi connectivity index (χ1n) is 9.59. The molecule has 0 saturated carbocycles. The zero-order valence-electron chi connectivity index (χ0n) is 15.8. The van der Waals surface area contributed by atoms with Gasteiger partial charge in [0.05, 0.1) is 6.61 Å². The molecule has 1 fully saturated rings. The van der Waals surface area contributed by atoms with Crippen LogP contribution in [0.5, 0.6) is 5.75 Å². The van der Waals surface area contributed by atoms with E-state index in [4.69, 9.17) is 9.47 Å². The Morgan fingerprint density at radius 3 is 2.81 bits per heavy atom. The third kappa shape index (κ3) is 3.48. The van der Waals surface area contributed by atoms with Gasteiger partial charge in [0.15, 0.2) is 5.82 Å². The van der Waals surface area contributed by atoms with Gasteiger partial charge in [0, 0.05) is 30.7 Å². The van der Waals surface area contributed by atoms with Gasteiger partial charge in [-0.1, -0.05) is 6.07 Å². The fourth-order valence-corrected chi connectivity index (χ4v) is 3.96. The van der Waals surface area contributed by atoms with Gasteiger partial charge in [-0.2, -0.15) is 5.10 Å². The number of rotatable bonds is 4. The van der Waals surface area contributed by atoms with Crippen molar-refractivity contribution in [2.45, 2.75) is 52.2 Å². The first-order valence-corrected chi connectivity index (χ1v) is 9.59. The molecule has 26 heavy (non-hydrogen) atoms. The quantitative estimate of drug-likeness (QED) is 0.879. The summed E-state index contributed by atoms with van der Waals surface area (Å²) in [6.45, 7) is 8.70. The van der Waals surface area contributed by atoms with E-state index in [1.807, 2.05) is 6.92 Å². The average Bonchev–Trinajstić information content (AvgIpc) is 3.21. The van der Waals surface area contributed by atoms with E-state index >= 15 is 0 Å². The van der Waals surface area contributed by atoms with Crippen LogP contribution in [0.2, 0.25) is 0 Å². The molecule has 3 heterocycles. The fourth-order valence-electron chi connectivity index (χ4n) is 3.96. The highest BCUT2D eigenvalue weighted by molar-refractivity contribution is 5.44. The number of nitrogens with zero attached hydrogens (tertiary/aromatic N) is 2. The second kappa shape index (κ2) is 7.37. The third-order valence-electron chi connectivity index (χ3n) is 5.61. The Morgan fingerprint density at radius 1 is 1.15 bits per heavy atom. The molecule has 3 atom stereocenters. The van der Waals surface area contributed by atoms with Gasteiger partial charge in [-0.25, -0.2) is 4.98 Å². The van der Waals surface area contributed by atoms with Crippen molar-refractivity contribution >= 4 is 0 Å². The van der Waals surface area contributed by atoms with Crippen molar-refractivity contribution in [1.29, 1.82) is 0 Å². The SMILES string of the molecule is Cc1nc([C@H]2OCC[C@H]2CNC2CCCOc3cc(C)c(C)cc32)n[nH]1. The molecule has 4 rings (SSSR count). The smallest absolute Gasteiger partial charge is 0.179 e. The molecular weight excluding hydrogens is 328 g/mol. The Bertz CT molecular complexity index is 773. The topological polar surface area (TPSA) is 72.1 Å². The predicted molar refractivity (Wildman–Crippen MR) is 99.3 cm³/mol. The van der Waals surface area contributed by atoms with Crippen LogP contribution in [0.4, 0.5) is 0 Å². The van der Waals surface area contributed by atoms with Crippen LogP contribution >= 0.6 is 0 Å². The number of aryl methyl sites for hydroxylation is 3. The van der Waals surface area contributed by atoms with Crippen molar-refractivity contribution in [1.82, 2.24) is 20.5 Å². The van der Waals surface area contributed by atoms with E-state index in [0.717, 1.165) is 56.4 Å². The molecular formula is C20H28N4O2. The summed E-state index contributed by atoms with van der Waals surface area (Å²) in [5, 5.41) is 11.0. The van der Waals surface area contributed by atoms with Crippen molar-refractivity contribution < 1.29 is 9.47 Å². The largest absolute Gasteiger partial charge is 0.493 e. The number of aromatic nitrogens is 3. The molecule has 1 saturated heterocycles. The van der Waals surface area contributed by atoms with E-state index in [-0.39, 0.29) is 6.10 Å². The lowest BCUT2D eigenvalue weighted by atomic mass is 9.95. The molecule has 0 aliphatic carbocycles. The number of hydrogen-bond donors (Lipinski definition) is 2. The van der Waals surface area contributed by atoms with Crippen LogP contribution in [0.1, 0.15) is 59.7 Å². The van der Waals surface area contributed by atoms with Crippen molar-refractivity contribution in [3.63, 3.8) is 0 Å². The standard InChI is InChI=1S/C20H28N4O2/c1-12-9-16-17(5-4-7-25-18(16)10-13(12)2)21-11-15-6-8-26-19(15)20-22-14(3)23-24-20/h9-10,15,17,19,21H,4-8,11H2,1-3H3,(H,22,23,24)/t15-,17?,19-/m0/s1. The molecule has 2 aliphatic heterocycles. The van der Waals surface area contributed by atoms with Crippen LogP contribution in [0.3, 0.4) is 0 Å². The molecule has 2 aromatic rings. The fraction of sp³-hybridized carbons (Fsp3) is 0.600. The Labute approximate surface area is 154 Å². The van der Waals surface area contributed by atoms with Gasteiger partial charge >= 0.3 is 0 Å². The van der Waals surface area contributed by atoms with Crippen LogP contribution in [0.25, 0.3) is 0 Å². The number of nitrogens with one attached hydrogen (secondary N) is 2. The second-order valence-corrected chi connectivity index (χ2v) is 7.54. The number of H-pyrrole nitrogens is 1. The summed E-state index contributed by atoms with van der Waals surface area (Å²) in [6.07, 6.45) is 3.17. The Morgan fingerprint density at radius 2 is 2.00 bits per heavy atom. The van der Waals surface area contributed by atoms with Crippen LogP contribution in [-0.4, -0.2) is 34.9 Å². The molecule has 0 amide bonds. The molecule has 2 aliphatic rings. The molecule has 1 aromatic carbocycles. The Hall–Kier alpha value is -1.92. The highest BCUT2D eigenvalue weighted by atomic mass is 16.5. The number of benzene rings is 1. The predicted octanol–water partition coefficient (Wildman–Crippen LogP) is 3.31. The lowest BCUT2D eigenvalue weighted by Gasteiger charge is -2.23. The molecule has 0 spiro atoms. The van der Waals surface area contributed by atoms with Gasteiger partial charge in [-0.05, 0) is 57.2 Å². The summed E-state index contributed by atoms with van der Waals surface area (Å²) in [6, 6.07) is 4.79. The van der Waals surface area contributed by atoms with Gasteiger partial charge in [-0.15, -0.1) is 0 Å². The van der Waals surface area contributed by atoms with Gasteiger partial charge in [0.25, 0.3) is 0 Å². The average molecular weight is 356 g/mol. The first-order chi connectivity index (χ1) is 12.6. The summed E-state index contributed by atoms with van der Waals surface area (Å²) in [5.41, 5.74) is 3.89. The minimum Gasteiger partial charge on any atom is -0.493 e. The van der Waals surface area contributed by atoms with Gasteiger partial charge < -0.3 is 14.8 Å². The lowest BCUT2D eigenvalue weighted by Crippen LogP contribution is -2.29. The Kier molecular flexibility index (Phi) is 4.96. The molecule has 1 aromatic heterocycles. The molecule has 0 bridgehead atoms. The van der Waals surface area contributed by atoms with Crippen molar-refractivity contribution in [2.75, 3.05) is 19.8 Å². The molecule has 2 N–H and O–H groups in total. The van der Waals surface area contributed by atoms with E-state index in [9.17, 15) is 0 Å². The van der Waals surface area contributed by atoms with E-state index in [1.165, 1.54) is 16.7 Å². The maximum absolute atomic E-state index is 5.99. The number of fused-ring (bicyclic) bond motifs is 1. The van der Waals surface area contributed by atoms with Crippen molar-refractivity contribution in [3.8, 4) is 5.75 Å².